The van der Waals surface area contributed by atoms with Gasteiger partial charge in [0.2, 0.25) is 0 Å². The molecule has 0 amide bonds. The lowest BCUT2D eigenvalue weighted by Crippen LogP contribution is -2.58. The first-order chi connectivity index (χ1) is 10.2. The summed E-state index contributed by atoms with van der Waals surface area (Å²) in [5.41, 5.74) is 0.880. The van der Waals surface area contributed by atoms with Crippen molar-refractivity contribution in [3.05, 3.63) is 29.8 Å². The van der Waals surface area contributed by atoms with Crippen LogP contribution in [-0.4, -0.2) is 66.2 Å². The highest BCUT2D eigenvalue weighted by atomic mass is 32.2. The number of rotatable bonds is 4. The highest BCUT2D eigenvalue weighted by molar-refractivity contribution is 7.86. The third kappa shape index (κ3) is 3.63. The Hall–Kier alpha value is -1.07. The van der Waals surface area contributed by atoms with Crippen molar-refractivity contribution < 1.29 is 37.8 Å². The van der Waals surface area contributed by atoms with Crippen molar-refractivity contribution >= 4 is 10.1 Å². The largest absolute Gasteiger partial charge is 0.387 e. The van der Waals surface area contributed by atoms with E-state index < -0.39 is 47.4 Å². The summed E-state index contributed by atoms with van der Waals surface area (Å²) >= 11 is 0. The van der Waals surface area contributed by atoms with E-state index in [-0.39, 0.29) is 4.90 Å². The smallest absolute Gasteiger partial charge is 0.297 e. The molecule has 0 spiro atoms. The number of benzene rings is 1. The van der Waals surface area contributed by atoms with Crippen LogP contribution >= 0.6 is 0 Å². The maximum absolute atomic E-state index is 12.0. The van der Waals surface area contributed by atoms with Gasteiger partial charge in [0.1, 0.15) is 24.4 Å². The van der Waals surface area contributed by atoms with Crippen molar-refractivity contribution in [2.45, 2.75) is 42.5 Å². The predicted molar refractivity (Wildman–Crippen MR) is 73.2 cm³/mol. The molecule has 0 bridgehead atoms. The number of aliphatic hydroxyl groups excluding tert-OH is 4. The highest BCUT2D eigenvalue weighted by Gasteiger charge is 2.43. The van der Waals surface area contributed by atoms with Crippen LogP contribution in [0.1, 0.15) is 5.56 Å². The highest BCUT2D eigenvalue weighted by Crippen LogP contribution is 2.21. The van der Waals surface area contributed by atoms with Crippen molar-refractivity contribution in [3.63, 3.8) is 0 Å². The van der Waals surface area contributed by atoms with Gasteiger partial charge in [-0.25, -0.2) is 0 Å². The summed E-state index contributed by atoms with van der Waals surface area (Å²) < 4.78 is 33.6. The molecule has 1 aliphatic rings. The van der Waals surface area contributed by atoms with Crippen molar-refractivity contribution in [2.24, 2.45) is 0 Å². The van der Waals surface area contributed by atoms with Crippen LogP contribution in [0.4, 0.5) is 0 Å². The van der Waals surface area contributed by atoms with Crippen LogP contribution in [0, 0.1) is 6.92 Å². The van der Waals surface area contributed by atoms with Crippen LogP contribution in [0.25, 0.3) is 0 Å². The Bertz CT molecular complexity index is 599. The molecule has 4 N–H and O–H groups in total. The Labute approximate surface area is 127 Å². The van der Waals surface area contributed by atoms with Gasteiger partial charge in [-0.1, -0.05) is 17.7 Å². The fourth-order valence-corrected chi connectivity index (χ4v) is 2.92. The maximum atomic E-state index is 12.0. The normalized spacial score (nSPS) is 32.9. The summed E-state index contributed by atoms with van der Waals surface area (Å²) in [5.74, 6) is 0. The van der Waals surface area contributed by atoms with Crippen molar-refractivity contribution in [3.8, 4) is 0 Å². The zero-order valence-corrected chi connectivity index (χ0v) is 12.5. The number of hydrogen-bond donors (Lipinski definition) is 4. The molecular weight excluding hydrogens is 316 g/mol. The van der Waals surface area contributed by atoms with E-state index >= 15 is 0 Å². The summed E-state index contributed by atoms with van der Waals surface area (Å²) in [6, 6.07) is 5.95. The molecule has 9 heteroatoms. The predicted octanol–water partition coefficient (Wildman–Crippen LogP) is -1.50. The van der Waals surface area contributed by atoms with E-state index in [1.807, 2.05) is 0 Å². The fourth-order valence-electron chi connectivity index (χ4n) is 2.00. The van der Waals surface area contributed by atoms with Gasteiger partial charge < -0.3 is 25.2 Å². The lowest BCUT2D eigenvalue weighted by atomic mass is 10.00. The summed E-state index contributed by atoms with van der Waals surface area (Å²) in [7, 11) is -4.07. The fraction of sp³-hybridized carbons (Fsp3) is 0.538. The summed E-state index contributed by atoms with van der Waals surface area (Å²) in [5, 5.41) is 37.9. The third-order valence-corrected chi connectivity index (χ3v) is 4.68. The molecule has 0 aliphatic carbocycles. The molecule has 2 unspecified atom stereocenters. The van der Waals surface area contributed by atoms with Crippen LogP contribution in [0.2, 0.25) is 0 Å². The molecule has 22 heavy (non-hydrogen) atoms. The standard InChI is InChI=1S/C13H18O8S/c1-7-2-4-8(5-3-7)22(18,19)20-6-9-10(14)11(15)12(16)13(17)21-9/h2-5,9-17H,6H2,1H3/t9?,10-,11?,12-,13+/m0/s1. The topological polar surface area (TPSA) is 134 Å². The Morgan fingerprint density at radius 1 is 1.05 bits per heavy atom. The number of aliphatic hydroxyl groups is 4. The van der Waals surface area contributed by atoms with Crippen LogP contribution in [-0.2, 0) is 19.0 Å². The molecule has 1 aromatic rings. The summed E-state index contributed by atoms with van der Waals surface area (Å²) in [6.07, 6.45) is -7.98. The Balaban J connectivity index is 2.04. The van der Waals surface area contributed by atoms with Crippen LogP contribution in [0.5, 0.6) is 0 Å². The molecule has 124 valence electrons. The van der Waals surface area contributed by atoms with Gasteiger partial charge in [0.05, 0.1) is 11.5 Å². The van der Waals surface area contributed by atoms with Gasteiger partial charge in [-0.2, -0.15) is 8.42 Å². The third-order valence-electron chi connectivity index (χ3n) is 3.38. The summed E-state index contributed by atoms with van der Waals surface area (Å²) in [6.45, 7) is 1.19. The molecular formula is C13H18O8S. The molecule has 5 atom stereocenters. The van der Waals surface area contributed by atoms with E-state index in [1.165, 1.54) is 12.1 Å². The van der Waals surface area contributed by atoms with Gasteiger partial charge in [-0.05, 0) is 19.1 Å². The first-order valence-electron chi connectivity index (χ1n) is 6.56. The Morgan fingerprint density at radius 2 is 1.64 bits per heavy atom. The Morgan fingerprint density at radius 3 is 2.23 bits per heavy atom. The van der Waals surface area contributed by atoms with E-state index in [1.54, 1.807) is 19.1 Å². The van der Waals surface area contributed by atoms with Gasteiger partial charge >= 0.3 is 0 Å². The lowest BCUT2D eigenvalue weighted by molar-refractivity contribution is -0.285. The molecule has 2 rings (SSSR count). The van der Waals surface area contributed by atoms with Gasteiger partial charge in [0, 0.05) is 0 Å². The second kappa shape index (κ2) is 6.59. The minimum Gasteiger partial charge on any atom is -0.387 e. The average molecular weight is 334 g/mol. The molecule has 0 saturated carbocycles. The maximum Gasteiger partial charge on any atom is 0.297 e. The second-order valence-electron chi connectivity index (χ2n) is 5.09. The van der Waals surface area contributed by atoms with Crippen molar-refractivity contribution in [2.75, 3.05) is 6.61 Å². The molecule has 1 fully saturated rings. The van der Waals surface area contributed by atoms with Crippen LogP contribution < -0.4 is 0 Å². The molecule has 1 saturated heterocycles. The average Bonchev–Trinajstić information content (AvgIpc) is 2.48. The molecule has 1 heterocycles. The number of ether oxygens (including phenoxy) is 1. The number of hydrogen-bond acceptors (Lipinski definition) is 8. The van der Waals surface area contributed by atoms with E-state index in [0.29, 0.717) is 0 Å². The lowest BCUT2D eigenvalue weighted by Gasteiger charge is -2.37. The molecule has 0 radical (unpaired) electrons. The first kappa shape index (κ1) is 17.3. The van der Waals surface area contributed by atoms with Gasteiger partial charge in [0.15, 0.2) is 6.29 Å². The molecule has 1 aliphatic heterocycles. The van der Waals surface area contributed by atoms with Gasteiger partial charge in [0.25, 0.3) is 10.1 Å². The quantitative estimate of drug-likeness (QED) is 0.489. The van der Waals surface area contributed by atoms with E-state index in [4.69, 9.17) is 8.92 Å². The van der Waals surface area contributed by atoms with Crippen LogP contribution in [0.3, 0.4) is 0 Å². The number of aryl methyl sites for hydroxylation is 1. The van der Waals surface area contributed by atoms with Crippen molar-refractivity contribution in [1.82, 2.24) is 0 Å². The molecule has 1 aromatic carbocycles. The minimum atomic E-state index is -4.07. The SMILES string of the molecule is Cc1ccc(S(=O)(=O)OCC2O[C@@H](O)[C@@H](O)C(O)[C@H]2O)cc1. The van der Waals surface area contributed by atoms with Crippen LogP contribution in [0.15, 0.2) is 29.2 Å². The van der Waals surface area contributed by atoms with Gasteiger partial charge in [-0.15, -0.1) is 0 Å². The van der Waals surface area contributed by atoms with E-state index in [0.717, 1.165) is 5.56 Å². The molecule has 8 nitrogen and oxygen atoms in total. The second-order valence-corrected chi connectivity index (χ2v) is 6.70. The zero-order chi connectivity index (χ0) is 16.5. The monoisotopic (exact) mass is 334 g/mol. The van der Waals surface area contributed by atoms with Crippen molar-refractivity contribution in [1.29, 1.82) is 0 Å². The summed E-state index contributed by atoms with van der Waals surface area (Å²) in [4.78, 5) is -0.0652. The van der Waals surface area contributed by atoms with E-state index in [9.17, 15) is 28.8 Å². The Kier molecular flexibility index (Phi) is 5.17. The first-order valence-corrected chi connectivity index (χ1v) is 7.97. The van der Waals surface area contributed by atoms with E-state index in [2.05, 4.69) is 0 Å². The molecule has 0 aromatic heterocycles. The van der Waals surface area contributed by atoms with Gasteiger partial charge in [-0.3, -0.25) is 4.18 Å². The zero-order valence-electron chi connectivity index (χ0n) is 11.7. The minimum absolute atomic E-state index is 0.0652.